The molecule has 1 N–H and O–H groups in total. The highest BCUT2D eigenvalue weighted by atomic mass is 32.1. The molecule has 1 saturated heterocycles. The quantitative estimate of drug-likeness (QED) is 0.535. The number of thiazole rings is 1. The first-order valence-corrected chi connectivity index (χ1v) is 11.9. The fourth-order valence-electron chi connectivity index (χ4n) is 4.46. The molecule has 7 nitrogen and oxygen atoms in total. The summed E-state index contributed by atoms with van der Waals surface area (Å²) in [7, 11) is 2.18. The Labute approximate surface area is 183 Å². The number of nitrogens with zero attached hydrogens (tertiary/aromatic N) is 5. The van der Waals surface area contributed by atoms with E-state index in [2.05, 4.69) is 53.0 Å². The van der Waals surface area contributed by atoms with Gasteiger partial charge in [0.25, 0.3) is 0 Å². The summed E-state index contributed by atoms with van der Waals surface area (Å²) in [6.07, 6.45) is 7.14. The Balaban J connectivity index is 1.37. The molecule has 2 aromatic heterocycles. The number of carbonyl (C=O) groups excluding carboxylic acids is 1. The van der Waals surface area contributed by atoms with Gasteiger partial charge in [-0.1, -0.05) is 0 Å². The lowest BCUT2D eigenvalue weighted by Gasteiger charge is -2.37. The maximum atomic E-state index is 13.0. The molecular formula is C22H34N6OS. The number of hydrogen-bond donors (Lipinski definition) is 1. The number of Topliss-reactive ketones (excluding diaryl/α,β-unsaturated/α-hetero) is 1. The fourth-order valence-corrected chi connectivity index (χ4v) is 5.29. The molecule has 0 spiro atoms. The van der Waals surface area contributed by atoms with Gasteiger partial charge < -0.3 is 15.1 Å². The third-order valence-electron chi connectivity index (χ3n) is 6.32. The number of aromatic nitrogens is 3. The van der Waals surface area contributed by atoms with Crippen LogP contribution in [0.2, 0.25) is 0 Å². The van der Waals surface area contributed by atoms with Crippen LogP contribution in [0.1, 0.15) is 65.8 Å². The Kier molecular flexibility index (Phi) is 6.27. The second kappa shape index (κ2) is 8.77. The summed E-state index contributed by atoms with van der Waals surface area (Å²) in [6, 6.07) is 0.117. The maximum Gasteiger partial charge on any atom is 0.168 e. The SMILES string of the molecule is Cc1cnc(C2CC(C)(C)n3ncc(C(=O)CCCCN4CCN(C)CC4)c3N2)s1. The fraction of sp³-hybridized carbons (Fsp3) is 0.682. The molecule has 8 heteroatoms. The summed E-state index contributed by atoms with van der Waals surface area (Å²) in [4.78, 5) is 23.7. The zero-order valence-electron chi connectivity index (χ0n) is 18.6. The van der Waals surface area contributed by atoms with Gasteiger partial charge in [0.05, 0.1) is 23.3 Å². The van der Waals surface area contributed by atoms with Crippen molar-refractivity contribution in [3.63, 3.8) is 0 Å². The molecule has 30 heavy (non-hydrogen) atoms. The molecule has 4 heterocycles. The van der Waals surface area contributed by atoms with E-state index in [1.54, 1.807) is 17.5 Å². The Morgan fingerprint density at radius 1 is 1.23 bits per heavy atom. The Morgan fingerprint density at radius 2 is 2.00 bits per heavy atom. The number of hydrogen-bond acceptors (Lipinski definition) is 7. The zero-order chi connectivity index (χ0) is 21.3. The summed E-state index contributed by atoms with van der Waals surface area (Å²) in [5.41, 5.74) is 0.561. The largest absolute Gasteiger partial charge is 0.360 e. The average Bonchev–Trinajstić information content (AvgIpc) is 3.33. The van der Waals surface area contributed by atoms with Crippen molar-refractivity contribution >= 4 is 22.9 Å². The minimum absolute atomic E-state index is 0.117. The number of piperazine rings is 1. The standard InChI is InChI=1S/C22H34N6OS/c1-16-14-23-21(30-16)18-13-22(2,3)28-20(25-18)17(15-24-28)19(29)7-5-6-8-27-11-9-26(4)10-12-27/h14-15,18,25H,5-13H2,1-4H3. The van der Waals surface area contributed by atoms with E-state index in [9.17, 15) is 4.79 Å². The van der Waals surface area contributed by atoms with Gasteiger partial charge in [-0.3, -0.25) is 4.79 Å². The van der Waals surface area contributed by atoms with E-state index >= 15 is 0 Å². The summed E-state index contributed by atoms with van der Waals surface area (Å²) in [5.74, 6) is 1.04. The second-order valence-corrected chi connectivity index (χ2v) is 10.6. The first-order valence-electron chi connectivity index (χ1n) is 11.0. The highest BCUT2D eigenvalue weighted by Crippen LogP contribution is 2.41. The van der Waals surface area contributed by atoms with Crippen LogP contribution in [0, 0.1) is 6.92 Å². The molecule has 0 bridgehead atoms. The number of anilines is 1. The predicted octanol–water partition coefficient (Wildman–Crippen LogP) is 3.54. The van der Waals surface area contributed by atoms with Crippen molar-refractivity contribution < 1.29 is 4.79 Å². The first-order chi connectivity index (χ1) is 14.3. The van der Waals surface area contributed by atoms with Gasteiger partial charge in [-0.25, -0.2) is 9.67 Å². The Bertz CT molecular complexity index is 880. The van der Waals surface area contributed by atoms with Crippen LogP contribution in [-0.4, -0.2) is 70.1 Å². The monoisotopic (exact) mass is 430 g/mol. The van der Waals surface area contributed by atoms with Crippen molar-refractivity contribution in [3.05, 3.63) is 27.8 Å². The molecule has 0 radical (unpaired) electrons. The van der Waals surface area contributed by atoms with Gasteiger partial charge in [-0.05, 0) is 53.6 Å². The van der Waals surface area contributed by atoms with Crippen molar-refractivity contribution in [1.29, 1.82) is 0 Å². The third-order valence-corrected chi connectivity index (χ3v) is 7.35. The van der Waals surface area contributed by atoms with Crippen molar-refractivity contribution in [2.75, 3.05) is 45.1 Å². The lowest BCUT2D eigenvalue weighted by Crippen LogP contribution is -2.44. The molecule has 1 atom stereocenters. The second-order valence-electron chi connectivity index (χ2n) is 9.37. The molecule has 2 aliphatic rings. The van der Waals surface area contributed by atoms with Crippen LogP contribution in [0.15, 0.2) is 12.4 Å². The lowest BCUT2D eigenvalue weighted by molar-refractivity contribution is 0.0976. The van der Waals surface area contributed by atoms with Crippen LogP contribution < -0.4 is 5.32 Å². The van der Waals surface area contributed by atoms with Gasteiger partial charge in [0.15, 0.2) is 5.78 Å². The van der Waals surface area contributed by atoms with Crippen LogP contribution in [0.5, 0.6) is 0 Å². The van der Waals surface area contributed by atoms with E-state index in [4.69, 9.17) is 0 Å². The number of aryl methyl sites for hydroxylation is 1. The summed E-state index contributed by atoms with van der Waals surface area (Å²) in [6.45, 7) is 12.1. The minimum Gasteiger partial charge on any atom is -0.360 e. The highest BCUT2D eigenvalue weighted by Gasteiger charge is 2.37. The van der Waals surface area contributed by atoms with Crippen molar-refractivity contribution in [1.82, 2.24) is 24.6 Å². The molecule has 1 fully saturated rings. The zero-order valence-corrected chi connectivity index (χ0v) is 19.5. The number of nitrogens with one attached hydrogen (secondary N) is 1. The predicted molar refractivity (Wildman–Crippen MR) is 121 cm³/mol. The van der Waals surface area contributed by atoms with Crippen LogP contribution in [0.3, 0.4) is 0 Å². The molecule has 164 valence electrons. The highest BCUT2D eigenvalue weighted by molar-refractivity contribution is 7.11. The molecule has 2 aromatic rings. The Hall–Kier alpha value is -1.77. The molecule has 0 aliphatic carbocycles. The van der Waals surface area contributed by atoms with Crippen molar-refractivity contribution in [2.45, 2.75) is 58.0 Å². The van der Waals surface area contributed by atoms with Gasteiger partial charge >= 0.3 is 0 Å². The van der Waals surface area contributed by atoms with E-state index in [0.717, 1.165) is 68.4 Å². The average molecular weight is 431 g/mol. The minimum atomic E-state index is -0.162. The van der Waals surface area contributed by atoms with Crippen LogP contribution >= 0.6 is 11.3 Å². The van der Waals surface area contributed by atoms with Gasteiger partial charge in [0, 0.05) is 43.7 Å². The normalized spacial score (nSPS) is 21.9. The number of ketones is 1. The maximum absolute atomic E-state index is 13.0. The van der Waals surface area contributed by atoms with E-state index in [1.165, 1.54) is 4.88 Å². The smallest absolute Gasteiger partial charge is 0.168 e. The summed E-state index contributed by atoms with van der Waals surface area (Å²) >= 11 is 1.72. The Morgan fingerprint density at radius 3 is 2.70 bits per heavy atom. The first kappa shape index (κ1) is 21.5. The van der Waals surface area contributed by atoms with Gasteiger partial charge in [-0.15, -0.1) is 11.3 Å². The van der Waals surface area contributed by atoms with Crippen LogP contribution in [-0.2, 0) is 5.54 Å². The van der Waals surface area contributed by atoms with Gasteiger partial charge in [0.1, 0.15) is 10.8 Å². The van der Waals surface area contributed by atoms with E-state index in [-0.39, 0.29) is 17.4 Å². The molecular weight excluding hydrogens is 396 g/mol. The number of fused-ring (bicyclic) bond motifs is 1. The third kappa shape index (κ3) is 4.60. The van der Waals surface area contributed by atoms with E-state index in [1.807, 2.05) is 10.9 Å². The summed E-state index contributed by atoms with van der Waals surface area (Å²) in [5, 5.41) is 9.23. The van der Waals surface area contributed by atoms with Gasteiger partial charge in [-0.2, -0.15) is 5.10 Å². The van der Waals surface area contributed by atoms with E-state index < -0.39 is 0 Å². The number of carbonyl (C=O) groups is 1. The molecule has 4 rings (SSSR count). The number of unbranched alkanes of at least 4 members (excludes halogenated alkanes) is 1. The molecule has 0 saturated carbocycles. The summed E-state index contributed by atoms with van der Waals surface area (Å²) < 4.78 is 1.99. The number of rotatable bonds is 7. The van der Waals surface area contributed by atoms with Crippen LogP contribution in [0.4, 0.5) is 5.82 Å². The van der Waals surface area contributed by atoms with Crippen LogP contribution in [0.25, 0.3) is 0 Å². The molecule has 1 unspecified atom stereocenters. The molecule has 0 aromatic carbocycles. The van der Waals surface area contributed by atoms with E-state index in [0.29, 0.717) is 6.42 Å². The number of likely N-dealkylation sites (N-methyl/N-ethyl adjacent to an activating group) is 1. The van der Waals surface area contributed by atoms with Gasteiger partial charge in [0.2, 0.25) is 0 Å². The molecule has 0 amide bonds. The molecule has 2 aliphatic heterocycles. The topological polar surface area (TPSA) is 66.3 Å². The van der Waals surface area contributed by atoms with Crippen molar-refractivity contribution in [2.24, 2.45) is 0 Å². The lowest BCUT2D eigenvalue weighted by atomic mass is 9.92. The van der Waals surface area contributed by atoms with Crippen molar-refractivity contribution in [3.8, 4) is 0 Å².